The lowest BCUT2D eigenvalue weighted by Crippen LogP contribution is -2.49. The van der Waals surface area contributed by atoms with Crippen LogP contribution in [0.1, 0.15) is 43.6 Å². The molecule has 1 aromatic heterocycles. The van der Waals surface area contributed by atoms with Gasteiger partial charge < -0.3 is 10.1 Å². The van der Waals surface area contributed by atoms with E-state index in [1.54, 1.807) is 11.3 Å². The summed E-state index contributed by atoms with van der Waals surface area (Å²) in [6.45, 7) is 5.96. The summed E-state index contributed by atoms with van der Waals surface area (Å²) in [5.74, 6) is -0.334. The zero-order chi connectivity index (χ0) is 15.2. The lowest BCUT2D eigenvalue weighted by atomic mass is 9.88. The summed E-state index contributed by atoms with van der Waals surface area (Å²) in [7, 11) is 1.37. The van der Waals surface area contributed by atoms with E-state index in [1.807, 2.05) is 32.2 Å². The van der Waals surface area contributed by atoms with Gasteiger partial charge in [-0.3, -0.25) is 9.59 Å². The van der Waals surface area contributed by atoms with E-state index in [0.717, 1.165) is 10.4 Å². The van der Waals surface area contributed by atoms with E-state index in [2.05, 4.69) is 5.32 Å². The van der Waals surface area contributed by atoms with Gasteiger partial charge in [0.05, 0.1) is 20.0 Å². The highest BCUT2D eigenvalue weighted by Gasteiger charge is 2.31. The molecule has 0 aliphatic heterocycles. The molecule has 5 heteroatoms. The molecule has 0 aliphatic rings. The molecule has 0 unspecified atom stereocenters. The van der Waals surface area contributed by atoms with Crippen molar-refractivity contribution in [3.05, 3.63) is 21.9 Å². The first kappa shape index (κ1) is 16.7. The third kappa shape index (κ3) is 4.34. The standard InChI is InChI=1S/C15H23NO3S/c1-5-15(6-2,10-14(18)19-4)16-13(17)9-12-7-8-20-11(12)3/h7-8H,5-6,9-10H2,1-4H3,(H,16,17). The number of ether oxygens (including phenoxy) is 1. The third-order valence-corrected chi connectivity index (χ3v) is 4.67. The number of thiophene rings is 1. The molecule has 0 radical (unpaired) electrons. The van der Waals surface area contributed by atoms with Gasteiger partial charge in [0.2, 0.25) is 5.91 Å². The van der Waals surface area contributed by atoms with Crippen molar-refractivity contribution in [3.8, 4) is 0 Å². The number of carbonyl (C=O) groups is 2. The van der Waals surface area contributed by atoms with Crippen LogP contribution in [0.4, 0.5) is 0 Å². The first-order chi connectivity index (χ1) is 9.46. The molecular weight excluding hydrogens is 274 g/mol. The normalized spacial score (nSPS) is 11.2. The number of aryl methyl sites for hydroxylation is 1. The van der Waals surface area contributed by atoms with Gasteiger partial charge >= 0.3 is 5.97 Å². The third-order valence-electron chi connectivity index (χ3n) is 3.79. The minimum atomic E-state index is -0.506. The highest BCUT2D eigenvalue weighted by molar-refractivity contribution is 7.10. The maximum Gasteiger partial charge on any atom is 0.307 e. The number of hydrogen-bond acceptors (Lipinski definition) is 4. The van der Waals surface area contributed by atoms with Crippen LogP contribution >= 0.6 is 11.3 Å². The van der Waals surface area contributed by atoms with Crippen molar-refractivity contribution in [2.75, 3.05) is 7.11 Å². The summed E-state index contributed by atoms with van der Waals surface area (Å²) in [5, 5.41) is 5.01. The topological polar surface area (TPSA) is 55.4 Å². The molecule has 1 N–H and O–H groups in total. The predicted molar refractivity (Wildman–Crippen MR) is 80.8 cm³/mol. The fraction of sp³-hybridized carbons (Fsp3) is 0.600. The van der Waals surface area contributed by atoms with E-state index in [-0.39, 0.29) is 18.3 Å². The molecule has 0 spiro atoms. The Morgan fingerprint density at radius 3 is 2.45 bits per heavy atom. The second kappa shape index (κ2) is 7.43. The van der Waals surface area contributed by atoms with Crippen molar-refractivity contribution in [1.29, 1.82) is 0 Å². The maximum absolute atomic E-state index is 12.2. The zero-order valence-electron chi connectivity index (χ0n) is 12.6. The van der Waals surface area contributed by atoms with Crippen molar-refractivity contribution >= 4 is 23.2 Å². The van der Waals surface area contributed by atoms with Gasteiger partial charge in [-0.05, 0) is 36.8 Å². The minimum Gasteiger partial charge on any atom is -0.469 e. The van der Waals surface area contributed by atoms with E-state index in [0.29, 0.717) is 19.3 Å². The number of esters is 1. The molecule has 1 rings (SSSR count). The molecule has 1 aromatic rings. The van der Waals surface area contributed by atoms with Crippen LogP contribution in [0.2, 0.25) is 0 Å². The molecule has 0 saturated heterocycles. The lowest BCUT2D eigenvalue weighted by molar-refractivity contribution is -0.142. The first-order valence-corrected chi connectivity index (χ1v) is 7.75. The fourth-order valence-corrected chi connectivity index (χ4v) is 2.91. The number of nitrogens with one attached hydrogen (secondary N) is 1. The summed E-state index contributed by atoms with van der Waals surface area (Å²) in [4.78, 5) is 24.9. The smallest absolute Gasteiger partial charge is 0.307 e. The van der Waals surface area contributed by atoms with Crippen LogP contribution < -0.4 is 5.32 Å². The van der Waals surface area contributed by atoms with Crippen LogP contribution in [0.5, 0.6) is 0 Å². The summed E-state index contributed by atoms with van der Waals surface area (Å²) in [5.41, 5.74) is 0.542. The Morgan fingerprint density at radius 1 is 1.35 bits per heavy atom. The molecule has 0 bridgehead atoms. The molecule has 20 heavy (non-hydrogen) atoms. The average molecular weight is 297 g/mol. The predicted octanol–water partition coefficient (Wildman–Crippen LogP) is 2.84. The Bertz CT molecular complexity index is 463. The van der Waals surface area contributed by atoms with Gasteiger partial charge in [0.15, 0.2) is 0 Å². The average Bonchev–Trinajstić information content (AvgIpc) is 2.83. The fourth-order valence-electron chi connectivity index (χ4n) is 2.18. The number of carbonyl (C=O) groups excluding carboxylic acids is 2. The number of hydrogen-bond donors (Lipinski definition) is 1. The Labute approximate surface area is 124 Å². The van der Waals surface area contributed by atoms with Crippen LogP contribution in [0, 0.1) is 6.92 Å². The monoisotopic (exact) mass is 297 g/mol. The largest absolute Gasteiger partial charge is 0.469 e. The Kier molecular flexibility index (Phi) is 6.20. The minimum absolute atomic E-state index is 0.0425. The molecule has 1 heterocycles. The number of rotatable bonds is 7. The Hall–Kier alpha value is -1.36. The number of methoxy groups -OCH3 is 1. The highest BCUT2D eigenvalue weighted by atomic mass is 32.1. The second-order valence-electron chi connectivity index (χ2n) is 4.97. The molecule has 1 amide bonds. The summed E-state index contributed by atoms with van der Waals surface area (Å²) in [6, 6.07) is 1.97. The van der Waals surface area contributed by atoms with Gasteiger partial charge in [-0.25, -0.2) is 0 Å². The second-order valence-corrected chi connectivity index (χ2v) is 6.09. The van der Waals surface area contributed by atoms with Crippen LogP contribution in [0.25, 0.3) is 0 Å². The van der Waals surface area contributed by atoms with Crippen molar-refractivity contribution < 1.29 is 14.3 Å². The van der Waals surface area contributed by atoms with Gasteiger partial charge in [0.25, 0.3) is 0 Å². The van der Waals surface area contributed by atoms with E-state index >= 15 is 0 Å². The van der Waals surface area contributed by atoms with Crippen molar-refractivity contribution in [3.63, 3.8) is 0 Å². The molecule has 0 fully saturated rings. The van der Waals surface area contributed by atoms with Crippen LogP contribution in [-0.2, 0) is 20.7 Å². The summed E-state index contributed by atoms with van der Waals surface area (Å²) >= 11 is 1.64. The van der Waals surface area contributed by atoms with Crippen molar-refractivity contribution in [1.82, 2.24) is 5.32 Å². The van der Waals surface area contributed by atoms with Crippen LogP contribution in [0.15, 0.2) is 11.4 Å². The molecule has 4 nitrogen and oxygen atoms in total. The number of amides is 1. The SMILES string of the molecule is CCC(CC)(CC(=O)OC)NC(=O)Cc1ccsc1C. The van der Waals surface area contributed by atoms with E-state index in [1.165, 1.54) is 7.11 Å². The van der Waals surface area contributed by atoms with Crippen LogP contribution in [-0.4, -0.2) is 24.5 Å². The maximum atomic E-state index is 12.2. The summed E-state index contributed by atoms with van der Waals surface area (Å²) < 4.78 is 4.73. The van der Waals surface area contributed by atoms with Crippen molar-refractivity contribution in [2.24, 2.45) is 0 Å². The van der Waals surface area contributed by atoms with E-state index in [4.69, 9.17) is 4.74 Å². The van der Waals surface area contributed by atoms with Gasteiger partial charge in [-0.2, -0.15) is 0 Å². The molecule has 0 aromatic carbocycles. The highest BCUT2D eigenvalue weighted by Crippen LogP contribution is 2.22. The quantitative estimate of drug-likeness (QED) is 0.787. The van der Waals surface area contributed by atoms with Gasteiger partial charge in [-0.15, -0.1) is 11.3 Å². The Balaban J connectivity index is 2.72. The molecule has 0 aliphatic carbocycles. The zero-order valence-corrected chi connectivity index (χ0v) is 13.4. The molecule has 0 atom stereocenters. The van der Waals surface area contributed by atoms with Gasteiger partial charge in [-0.1, -0.05) is 13.8 Å². The van der Waals surface area contributed by atoms with E-state index < -0.39 is 5.54 Å². The van der Waals surface area contributed by atoms with Gasteiger partial charge in [0, 0.05) is 10.4 Å². The molecule has 0 saturated carbocycles. The molecular formula is C15H23NO3S. The summed E-state index contributed by atoms with van der Waals surface area (Å²) in [6.07, 6.45) is 1.98. The molecule has 112 valence electrons. The first-order valence-electron chi connectivity index (χ1n) is 6.87. The van der Waals surface area contributed by atoms with E-state index in [9.17, 15) is 9.59 Å². The van der Waals surface area contributed by atoms with Crippen LogP contribution in [0.3, 0.4) is 0 Å². The van der Waals surface area contributed by atoms with Crippen molar-refractivity contribution in [2.45, 2.75) is 52.0 Å². The lowest BCUT2D eigenvalue weighted by Gasteiger charge is -2.32. The Morgan fingerprint density at radius 2 is 2.00 bits per heavy atom. The van der Waals surface area contributed by atoms with Gasteiger partial charge in [0.1, 0.15) is 0 Å².